The minimum Gasteiger partial charge on any atom is -0.465 e. The number of hydrogen-bond acceptors (Lipinski definition) is 8. The zero-order valence-corrected chi connectivity index (χ0v) is 21.3. The highest BCUT2D eigenvalue weighted by atomic mass is 32.2. The number of esters is 1. The number of thiophene rings is 1. The highest BCUT2D eigenvalue weighted by Gasteiger charge is 2.42. The molecule has 0 bridgehead atoms. The number of methoxy groups -OCH3 is 1. The quantitative estimate of drug-likeness (QED) is 0.515. The summed E-state index contributed by atoms with van der Waals surface area (Å²) in [4.78, 5) is 39.2. The van der Waals surface area contributed by atoms with E-state index in [1.807, 2.05) is 0 Å². The smallest absolute Gasteiger partial charge is 0.337 e. The van der Waals surface area contributed by atoms with Gasteiger partial charge in [-0.05, 0) is 48.6 Å². The molecule has 2 atom stereocenters. The molecule has 13 heteroatoms. The van der Waals surface area contributed by atoms with Crippen molar-refractivity contribution < 1.29 is 32.3 Å². The number of carbonyl (C=O) groups excluding carboxylic acids is 3. The molecule has 2 unspecified atom stereocenters. The maximum absolute atomic E-state index is 13.3. The molecule has 1 aromatic carbocycles. The molecule has 1 aromatic heterocycles. The second-order valence-electron chi connectivity index (χ2n) is 8.39. The predicted molar refractivity (Wildman–Crippen MR) is 132 cm³/mol. The lowest BCUT2D eigenvalue weighted by Crippen LogP contribution is -2.62. The Hall–Kier alpha value is -3.00. The number of nitrogens with one attached hydrogen (secondary N) is 2. The zero-order chi connectivity index (χ0) is 25.7. The standard InChI is InChI=1S/C23H28N4O7S2/c1-33-22(29)16-6-8-17(9-7-16)25-23(30)26-10-11-27(36(31,32)20-5-3-13-35-20)19(15-26)21(28)24-14-18-4-2-12-34-18/h3,5-9,13,18-19H,2,4,10-12,14-15H2,1H3,(H,24,28)(H,25,30). The van der Waals surface area contributed by atoms with E-state index in [-0.39, 0.29) is 36.5 Å². The minimum atomic E-state index is -3.92. The number of amides is 3. The van der Waals surface area contributed by atoms with Crippen LogP contribution >= 0.6 is 11.3 Å². The van der Waals surface area contributed by atoms with Crippen LogP contribution in [0.4, 0.5) is 10.5 Å². The Morgan fingerprint density at radius 2 is 1.94 bits per heavy atom. The minimum absolute atomic E-state index is 0.0348. The predicted octanol–water partition coefficient (Wildman–Crippen LogP) is 1.74. The van der Waals surface area contributed by atoms with Gasteiger partial charge in [0, 0.05) is 38.5 Å². The van der Waals surface area contributed by atoms with Crippen molar-refractivity contribution in [2.45, 2.75) is 29.2 Å². The molecule has 0 radical (unpaired) electrons. The molecule has 3 amide bonds. The van der Waals surface area contributed by atoms with Gasteiger partial charge in [-0.2, -0.15) is 4.31 Å². The maximum atomic E-state index is 13.3. The largest absolute Gasteiger partial charge is 0.465 e. The molecule has 0 spiro atoms. The molecular formula is C23H28N4O7S2. The van der Waals surface area contributed by atoms with Crippen molar-refractivity contribution in [1.29, 1.82) is 0 Å². The van der Waals surface area contributed by atoms with Gasteiger partial charge in [-0.3, -0.25) is 4.79 Å². The van der Waals surface area contributed by atoms with Crippen molar-refractivity contribution >= 4 is 45.0 Å². The lowest BCUT2D eigenvalue weighted by atomic mass is 10.2. The number of anilines is 1. The van der Waals surface area contributed by atoms with E-state index < -0.39 is 34.0 Å². The average molecular weight is 537 g/mol. The summed E-state index contributed by atoms with van der Waals surface area (Å²) in [6.45, 7) is 0.867. The van der Waals surface area contributed by atoms with Crippen molar-refractivity contribution in [2.75, 3.05) is 45.2 Å². The molecule has 36 heavy (non-hydrogen) atoms. The van der Waals surface area contributed by atoms with Crippen molar-refractivity contribution in [3.63, 3.8) is 0 Å². The monoisotopic (exact) mass is 536 g/mol. The Labute approximate surface area is 213 Å². The fraction of sp³-hybridized carbons (Fsp3) is 0.435. The van der Waals surface area contributed by atoms with Crippen LogP contribution in [-0.4, -0.2) is 87.6 Å². The first-order chi connectivity index (χ1) is 17.3. The van der Waals surface area contributed by atoms with E-state index in [0.717, 1.165) is 24.2 Å². The van der Waals surface area contributed by atoms with Crippen molar-refractivity contribution in [3.8, 4) is 0 Å². The molecule has 4 rings (SSSR count). The van der Waals surface area contributed by atoms with Crippen LogP contribution in [0.2, 0.25) is 0 Å². The van der Waals surface area contributed by atoms with Gasteiger partial charge >= 0.3 is 12.0 Å². The lowest BCUT2D eigenvalue weighted by Gasteiger charge is -2.39. The zero-order valence-electron chi connectivity index (χ0n) is 19.7. The van der Waals surface area contributed by atoms with Gasteiger partial charge < -0.3 is 25.0 Å². The molecular weight excluding hydrogens is 508 g/mol. The van der Waals surface area contributed by atoms with E-state index in [4.69, 9.17) is 4.74 Å². The summed E-state index contributed by atoms with van der Waals surface area (Å²) in [5, 5.41) is 7.20. The van der Waals surface area contributed by atoms with Crippen LogP contribution in [0, 0.1) is 0 Å². The Kier molecular flexibility index (Phi) is 8.24. The molecule has 3 heterocycles. The van der Waals surface area contributed by atoms with E-state index in [0.29, 0.717) is 17.9 Å². The topological polar surface area (TPSA) is 134 Å². The molecule has 2 saturated heterocycles. The van der Waals surface area contributed by atoms with E-state index in [9.17, 15) is 22.8 Å². The fourth-order valence-corrected chi connectivity index (χ4v) is 6.82. The van der Waals surface area contributed by atoms with Gasteiger partial charge in [0.05, 0.1) is 18.8 Å². The van der Waals surface area contributed by atoms with Crippen molar-refractivity contribution in [1.82, 2.24) is 14.5 Å². The number of urea groups is 1. The van der Waals surface area contributed by atoms with Gasteiger partial charge in [-0.1, -0.05) is 6.07 Å². The van der Waals surface area contributed by atoms with Gasteiger partial charge in [-0.15, -0.1) is 11.3 Å². The third-order valence-corrected chi connectivity index (χ3v) is 9.35. The summed E-state index contributed by atoms with van der Waals surface area (Å²) in [5.41, 5.74) is 0.784. The normalized spacial score (nSPS) is 20.6. The molecule has 11 nitrogen and oxygen atoms in total. The molecule has 2 aromatic rings. The number of rotatable bonds is 7. The van der Waals surface area contributed by atoms with Crippen LogP contribution in [-0.2, 0) is 24.3 Å². The summed E-state index contributed by atoms with van der Waals surface area (Å²) < 4.78 is 38.1. The van der Waals surface area contributed by atoms with Gasteiger partial charge in [0.2, 0.25) is 5.91 Å². The highest BCUT2D eigenvalue weighted by Crippen LogP contribution is 2.26. The van der Waals surface area contributed by atoms with Gasteiger partial charge in [0.1, 0.15) is 10.3 Å². The summed E-state index contributed by atoms with van der Waals surface area (Å²) in [5.74, 6) is -0.974. The SMILES string of the molecule is COC(=O)c1ccc(NC(=O)N2CCN(S(=O)(=O)c3cccs3)C(C(=O)NCC3CCCO3)C2)cc1. The Morgan fingerprint density at radius 3 is 2.58 bits per heavy atom. The first-order valence-electron chi connectivity index (χ1n) is 11.5. The lowest BCUT2D eigenvalue weighted by molar-refractivity contribution is -0.126. The molecule has 0 aliphatic carbocycles. The first kappa shape index (κ1) is 26.1. The van der Waals surface area contributed by atoms with Gasteiger partial charge in [0.25, 0.3) is 10.0 Å². The first-order valence-corrected chi connectivity index (χ1v) is 13.8. The molecule has 2 aliphatic heterocycles. The van der Waals surface area contributed by atoms with Crippen LogP contribution in [0.1, 0.15) is 23.2 Å². The van der Waals surface area contributed by atoms with E-state index in [2.05, 4.69) is 15.4 Å². The number of piperazine rings is 1. The molecule has 2 N–H and O–H groups in total. The molecule has 2 aliphatic rings. The van der Waals surface area contributed by atoms with Crippen LogP contribution in [0.25, 0.3) is 0 Å². The number of nitrogens with zero attached hydrogens (tertiary/aromatic N) is 2. The second kappa shape index (κ2) is 11.4. The van der Waals surface area contributed by atoms with Crippen LogP contribution < -0.4 is 10.6 Å². The fourth-order valence-electron chi connectivity index (χ4n) is 4.13. The number of benzene rings is 1. The van der Waals surface area contributed by atoms with Gasteiger partial charge in [0.15, 0.2) is 0 Å². The van der Waals surface area contributed by atoms with Crippen molar-refractivity contribution in [3.05, 3.63) is 47.3 Å². The highest BCUT2D eigenvalue weighted by molar-refractivity contribution is 7.91. The Balaban J connectivity index is 1.47. The van der Waals surface area contributed by atoms with Crippen LogP contribution in [0.15, 0.2) is 46.0 Å². The summed E-state index contributed by atoms with van der Waals surface area (Å²) in [7, 11) is -2.63. The van der Waals surface area contributed by atoms with Gasteiger partial charge in [-0.25, -0.2) is 18.0 Å². The average Bonchev–Trinajstić information content (AvgIpc) is 3.62. The number of hydrogen-bond donors (Lipinski definition) is 2. The maximum Gasteiger partial charge on any atom is 0.337 e. The molecule has 0 saturated carbocycles. The summed E-state index contributed by atoms with van der Waals surface area (Å²) >= 11 is 1.08. The van der Waals surface area contributed by atoms with E-state index >= 15 is 0 Å². The Bertz CT molecular complexity index is 1180. The number of sulfonamides is 1. The van der Waals surface area contributed by atoms with E-state index in [1.165, 1.54) is 34.5 Å². The summed E-state index contributed by atoms with van der Waals surface area (Å²) in [6.07, 6.45) is 1.63. The number of carbonyl (C=O) groups is 3. The molecule has 194 valence electrons. The Morgan fingerprint density at radius 1 is 1.17 bits per heavy atom. The van der Waals surface area contributed by atoms with Crippen molar-refractivity contribution in [2.24, 2.45) is 0 Å². The van der Waals surface area contributed by atoms with E-state index in [1.54, 1.807) is 23.6 Å². The van der Waals surface area contributed by atoms with Crippen LogP contribution in [0.5, 0.6) is 0 Å². The third kappa shape index (κ3) is 5.86. The third-order valence-electron chi connectivity index (χ3n) is 6.06. The van der Waals surface area contributed by atoms with Crippen LogP contribution in [0.3, 0.4) is 0 Å². The summed E-state index contributed by atoms with van der Waals surface area (Å²) in [6, 6.07) is 7.73. The number of ether oxygens (including phenoxy) is 2. The molecule has 2 fully saturated rings. The second-order valence-corrected chi connectivity index (χ2v) is 11.5.